The first-order chi connectivity index (χ1) is 15.2. The highest BCUT2D eigenvalue weighted by atomic mass is 79.9. The van der Waals surface area contributed by atoms with E-state index in [0.717, 1.165) is 10.9 Å². The maximum absolute atomic E-state index is 12.4. The van der Waals surface area contributed by atoms with Crippen LogP contribution in [0.5, 0.6) is 11.5 Å². The third-order valence-electron chi connectivity index (χ3n) is 3.94. The molecule has 2 aromatic carbocycles. The summed E-state index contributed by atoms with van der Waals surface area (Å²) >= 11 is 15.2. The SMILES string of the molecule is CC(C)CCOc1ccc(C(=O)NC(=S)NNC(=O)COc2ccc(Br)cc2Br)cc1Br. The zero-order chi connectivity index (χ0) is 23.7. The molecule has 2 rings (SSSR count). The Morgan fingerprint density at radius 1 is 0.969 bits per heavy atom. The minimum Gasteiger partial charge on any atom is -0.492 e. The molecule has 0 unspecified atom stereocenters. The summed E-state index contributed by atoms with van der Waals surface area (Å²) < 4.78 is 13.4. The molecule has 0 spiro atoms. The Morgan fingerprint density at radius 3 is 2.28 bits per heavy atom. The Kier molecular flexibility index (Phi) is 10.9. The van der Waals surface area contributed by atoms with Gasteiger partial charge < -0.3 is 9.47 Å². The lowest BCUT2D eigenvalue weighted by molar-refractivity contribution is -0.123. The van der Waals surface area contributed by atoms with Crippen LogP contribution < -0.4 is 25.6 Å². The van der Waals surface area contributed by atoms with Crippen molar-refractivity contribution in [3.8, 4) is 11.5 Å². The van der Waals surface area contributed by atoms with E-state index >= 15 is 0 Å². The van der Waals surface area contributed by atoms with E-state index in [9.17, 15) is 9.59 Å². The summed E-state index contributed by atoms with van der Waals surface area (Å²) in [7, 11) is 0. The molecule has 7 nitrogen and oxygen atoms in total. The van der Waals surface area contributed by atoms with Crippen molar-refractivity contribution in [1.82, 2.24) is 16.2 Å². The summed E-state index contributed by atoms with van der Waals surface area (Å²) in [6, 6.07) is 10.3. The number of rotatable bonds is 8. The van der Waals surface area contributed by atoms with Crippen molar-refractivity contribution in [1.29, 1.82) is 0 Å². The van der Waals surface area contributed by atoms with Crippen LogP contribution in [0, 0.1) is 5.92 Å². The van der Waals surface area contributed by atoms with Crippen LogP contribution in [0.2, 0.25) is 0 Å². The van der Waals surface area contributed by atoms with E-state index in [0.29, 0.717) is 38.5 Å². The number of hydrogen-bond acceptors (Lipinski definition) is 5. The lowest BCUT2D eigenvalue weighted by Crippen LogP contribution is -2.49. The number of carbonyl (C=O) groups excluding carboxylic acids is 2. The lowest BCUT2D eigenvalue weighted by atomic mass is 10.1. The zero-order valence-corrected chi connectivity index (χ0v) is 22.9. The molecule has 0 aliphatic heterocycles. The molecule has 0 radical (unpaired) electrons. The van der Waals surface area contributed by atoms with Gasteiger partial charge >= 0.3 is 0 Å². The van der Waals surface area contributed by atoms with E-state index in [2.05, 4.69) is 77.8 Å². The van der Waals surface area contributed by atoms with Gasteiger partial charge in [-0.2, -0.15) is 0 Å². The molecule has 32 heavy (non-hydrogen) atoms. The first kappa shape index (κ1) is 26.6. The Labute approximate surface area is 217 Å². The average Bonchev–Trinajstić information content (AvgIpc) is 2.72. The van der Waals surface area contributed by atoms with E-state index in [-0.39, 0.29) is 11.7 Å². The van der Waals surface area contributed by atoms with E-state index in [1.165, 1.54) is 0 Å². The molecular weight excluding hydrogens is 630 g/mol. The number of carbonyl (C=O) groups is 2. The minimum atomic E-state index is -0.470. The third kappa shape index (κ3) is 9.05. The average molecular weight is 652 g/mol. The summed E-state index contributed by atoms with van der Waals surface area (Å²) in [5, 5.41) is 2.44. The largest absolute Gasteiger partial charge is 0.492 e. The van der Waals surface area contributed by atoms with E-state index < -0.39 is 11.8 Å². The van der Waals surface area contributed by atoms with Gasteiger partial charge in [-0.25, -0.2) is 0 Å². The van der Waals surface area contributed by atoms with Crippen molar-refractivity contribution >= 4 is 76.9 Å². The van der Waals surface area contributed by atoms with Gasteiger partial charge in [0.05, 0.1) is 15.6 Å². The topological polar surface area (TPSA) is 88.7 Å². The minimum absolute atomic E-state index is 0.0541. The van der Waals surface area contributed by atoms with Gasteiger partial charge in [0, 0.05) is 10.0 Å². The van der Waals surface area contributed by atoms with Gasteiger partial charge in [-0.3, -0.25) is 25.8 Å². The number of ether oxygens (including phenoxy) is 2. The van der Waals surface area contributed by atoms with Crippen LogP contribution in [0.15, 0.2) is 49.8 Å². The number of amides is 2. The molecule has 0 bridgehead atoms. The van der Waals surface area contributed by atoms with Gasteiger partial charge in [-0.05, 0) is 92.8 Å². The molecule has 0 aliphatic rings. The molecule has 0 atom stereocenters. The van der Waals surface area contributed by atoms with Gasteiger partial charge in [0.25, 0.3) is 11.8 Å². The molecule has 2 amide bonds. The van der Waals surface area contributed by atoms with E-state index in [4.69, 9.17) is 21.7 Å². The molecule has 3 N–H and O–H groups in total. The fourth-order valence-electron chi connectivity index (χ4n) is 2.27. The summed E-state index contributed by atoms with van der Waals surface area (Å²) in [5.41, 5.74) is 5.22. The smallest absolute Gasteiger partial charge is 0.276 e. The number of benzene rings is 2. The molecule has 172 valence electrons. The quantitative estimate of drug-likeness (QED) is 0.272. The predicted molar refractivity (Wildman–Crippen MR) is 138 cm³/mol. The molecule has 0 aromatic heterocycles. The van der Waals surface area contributed by atoms with Gasteiger partial charge in [0.1, 0.15) is 11.5 Å². The Hall–Kier alpha value is -1.69. The van der Waals surface area contributed by atoms with Crippen LogP contribution >= 0.6 is 60.0 Å². The van der Waals surface area contributed by atoms with Crippen molar-refractivity contribution in [2.75, 3.05) is 13.2 Å². The fourth-order valence-corrected chi connectivity index (χ4v) is 4.07. The van der Waals surface area contributed by atoms with Crippen molar-refractivity contribution in [3.05, 3.63) is 55.4 Å². The Bertz CT molecular complexity index is 989. The van der Waals surface area contributed by atoms with Crippen LogP contribution in [0.3, 0.4) is 0 Å². The highest BCUT2D eigenvalue weighted by Gasteiger charge is 2.12. The van der Waals surface area contributed by atoms with Crippen molar-refractivity contribution in [2.45, 2.75) is 20.3 Å². The van der Waals surface area contributed by atoms with Crippen LogP contribution in [0.4, 0.5) is 0 Å². The van der Waals surface area contributed by atoms with Gasteiger partial charge in [-0.15, -0.1) is 0 Å². The third-order valence-corrected chi connectivity index (χ3v) is 5.88. The standard InChI is InChI=1S/C21H22Br3N3O4S/c1-12(2)7-8-30-17-5-3-13(9-15(17)23)20(29)25-21(32)27-26-19(28)11-31-18-6-4-14(22)10-16(18)24/h3-6,9-10,12H,7-8,11H2,1-2H3,(H,26,28)(H2,25,27,29,32). The van der Waals surface area contributed by atoms with Crippen molar-refractivity contribution in [2.24, 2.45) is 5.92 Å². The first-order valence-corrected chi connectivity index (χ1v) is 12.3. The molecule has 0 saturated heterocycles. The molecule has 11 heteroatoms. The van der Waals surface area contributed by atoms with Crippen molar-refractivity contribution in [3.63, 3.8) is 0 Å². The maximum Gasteiger partial charge on any atom is 0.276 e. The molecule has 0 fully saturated rings. The second kappa shape index (κ2) is 13.1. The molecule has 0 saturated carbocycles. The number of thiocarbonyl (C=S) groups is 1. The highest BCUT2D eigenvalue weighted by molar-refractivity contribution is 9.11. The van der Waals surface area contributed by atoms with Gasteiger partial charge in [0.2, 0.25) is 0 Å². The fraction of sp³-hybridized carbons (Fsp3) is 0.286. The summed E-state index contributed by atoms with van der Waals surface area (Å²) in [5.74, 6) is 0.819. The maximum atomic E-state index is 12.4. The summed E-state index contributed by atoms with van der Waals surface area (Å²) in [6.07, 6.45) is 0.936. The van der Waals surface area contributed by atoms with E-state index in [1.54, 1.807) is 36.4 Å². The Balaban J connectivity index is 1.77. The normalized spacial score (nSPS) is 10.4. The zero-order valence-electron chi connectivity index (χ0n) is 17.3. The second-order valence-electron chi connectivity index (χ2n) is 7.00. The predicted octanol–water partition coefficient (Wildman–Crippen LogP) is 5.11. The molecular formula is C21H22Br3N3O4S. The summed E-state index contributed by atoms with van der Waals surface area (Å²) in [6.45, 7) is 4.60. The lowest BCUT2D eigenvalue weighted by Gasteiger charge is -2.13. The highest BCUT2D eigenvalue weighted by Crippen LogP contribution is 2.28. The molecule has 0 heterocycles. The monoisotopic (exact) mass is 649 g/mol. The van der Waals surface area contributed by atoms with Crippen molar-refractivity contribution < 1.29 is 19.1 Å². The Morgan fingerprint density at radius 2 is 1.62 bits per heavy atom. The molecule has 0 aliphatic carbocycles. The second-order valence-corrected chi connectivity index (χ2v) is 10.0. The number of halogens is 3. The van der Waals surface area contributed by atoms with Crippen LogP contribution in [0.1, 0.15) is 30.6 Å². The van der Waals surface area contributed by atoms with Crippen LogP contribution in [-0.4, -0.2) is 30.1 Å². The van der Waals surface area contributed by atoms with Gasteiger partial charge in [0.15, 0.2) is 11.7 Å². The first-order valence-electron chi connectivity index (χ1n) is 9.56. The molecule has 2 aromatic rings. The van der Waals surface area contributed by atoms with Gasteiger partial charge in [-0.1, -0.05) is 29.8 Å². The number of nitrogens with one attached hydrogen (secondary N) is 3. The summed E-state index contributed by atoms with van der Waals surface area (Å²) in [4.78, 5) is 24.3. The number of hydrazine groups is 1. The van der Waals surface area contributed by atoms with E-state index in [1.807, 2.05) is 0 Å². The van der Waals surface area contributed by atoms with Crippen LogP contribution in [-0.2, 0) is 4.79 Å². The number of hydrogen-bond donors (Lipinski definition) is 3. The van der Waals surface area contributed by atoms with Crippen LogP contribution in [0.25, 0.3) is 0 Å².